The molecular weight excluding hydrogens is 259 g/mol. The van der Waals surface area contributed by atoms with Gasteiger partial charge in [-0.15, -0.1) is 6.42 Å². The van der Waals surface area contributed by atoms with Crippen LogP contribution in [-0.4, -0.2) is 15.0 Å². The second kappa shape index (κ2) is 4.75. The fraction of sp³-hybridized carbons (Fsp3) is 0.111. The number of ether oxygens (including phenoxy) is 1. The molecule has 0 amide bonds. The molecule has 0 bridgehead atoms. The van der Waals surface area contributed by atoms with Gasteiger partial charge < -0.3 is 4.74 Å². The highest BCUT2D eigenvalue weighted by molar-refractivity contribution is 8.13. The highest BCUT2D eigenvalue weighted by Crippen LogP contribution is 2.28. The molecule has 3 nitrogen and oxygen atoms in total. The normalized spacial score (nSPS) is 10.7. The van der Waals surface area contributed by atoms with E-state index >= 15 is 0 Å². The lowest BCUT2D eigenvalue weighted by Gasteiger charge is -2.05. The third-order valence-corrected chi connectivity index (χ3v) is 3.14. The van der Waals surface area contributed by atoms with Gasteiger partial charge in [0.25, 0.3) is 9.05 Å². The second-order valence-electron chi connectivity index (χ2n) is 2.52. The van der Waals surface area contributed by atoms with Gasteiger partial charge in [-0.3, -0.25) is 0 Å². The number of terminal acetylenes is 1. The minimum atomic E-state index is -3.77. The first-order valence-corrected chi connectivity index (χ1v) is 6.44. The Bertz CT molecular complexity index is 503. The highest BCUT2D eigenvalue weighted by atomic mass is 35.7. The van der Waals surface area contributed by atoms with Crippen molar-refractivity contribution in [2.45, 2.75) is 4.90 Å². The Morgan fingerprint density at radius 2 is 2.13 bits per heavy atom. The van der Waals surface area contributed by atoms with Gasteiger partial charge in [0.05, 0.1) is 9.92 Å². The van der Waals surface area contributed by atoms with Crippen LogP contribution in [0.15, 0.2) is 23.1 Å². The fourth-order valence-corrected chi connectivity index (χ4v) is 1.95. The lowest BCUT2D eigenvalue weighted by atomic mass is 10.3. The second-order valence-corrected chi connectivity index (χ2v) is 5.50. The summed E-state index contributed by atoms with van der Waals surface area (Å²) >= 11 is 5.75. The van der Waals surface area contributed by atoms with E-state index in [9.17, 15) is 8.42 Å². The summed E-state index contributed by atoms with van der Waals surface area (Å²) in [4.78, 5) is -0.0813. The van der Waals surface area contributed by atoms with E-state index < -0.39 is 9.05 Å². The molecule has 15 heavy (non-hydrogen) atoms. The molecule has 0 unspecified atom stereocenters. The van der Waals surface area contributed by atoms with Gasteiger partial charge in [0.2, 0.25) is 0 Å². The van der Waals surface area contributed by atoms with E-state index in [4.69, 9.17) is 33.4 Å². The van der Waals surface area contributed by atoms with E-state index in [1.807, 2.05) is 0 Å². The molecule has 1 aromatic carbocycles. The van der Waals surface area contributed by atoms with Crippen molar-refractivity contribution in [2.24, 2.45) is 0 Å². The maximum Gasteiger partial charge on any atom is 0.261 e. The Morgan fingerprint density at radius 1 is 1.47 bits per heavy atom. The zero-order valence-corrected chi connectivity index (χ0v) is 9.73. The predicted molar refractivity (Wildman–Crippen MR) is 58.8 cm³/mol. The van der Waals surface area contributed by atoms with Crippen molar-refractivity contribution in [1.82, 2.24) is 0 Å². The Morgan fingerprint density at radius 3 is 2.60 bits per heavy atom. The lowest BCUT2D eigenvalue weighted by Crippen LogP contribution is -1.96. The monoisotopic (exact) mass is 264 g/mol. The van der Waals surface area contributed by atoms with Gasteiger partial charge in [0.1, 0.15) is 12.4 Å². The molecule has 0 aliphatic heterocycles. The maximum atomic E-state index is 10.9. The molecule has 0 fully saturated rings. The summed E-state index contributed by atoms with van der Waals surface area (Å²) in [5, 5.41) is 0.145. The molecule has 0 aliphatic carbocycles. The fourth-order valence-electron chi connectivity index (χ4n) is 0.870. The maximum absolute atomic E-state index is 10.9. The summed E-state index contributed by atoms with van der Waals surface area (Å²) in [5.74, 6) is 2.58. The number of hydrogen-bond acceptors (Lipinski definition) is 3. The van der Waals surface area contributed by atoms with Gasteiger partial charge in [-0.1, -0.05) is 17.5 Å². The first kappa shape index (κ1) is 12.2. The van der Waals surface area contributed by atoms with Crippen molar-refractivity contribution in [1.29, 1.82) is 0 Å². The molecule has 0 N–H and O–H groups in total. The van der Waals surface area contributed by atoms with Crippen molar-refractivity contribution >= 4 is 31.3 Å². The highest BCUT2D eigenvalue weighted by Gasteiger charge is 2.12. The molecule has 1 aromatic rings. The van der Waals surface area contributed by atoms with E-state index in [1.165, 1.54) is 18.2 Å². The van der Waals surface area contributed by atoms with Gasteiger partial charge in [0, 0.05) is 10.7 Å². The summed E-state index contributed by atoms with van der Waals surface area (Å²) in [6, 6.07) is 3.89. The number of benzene rings is 1. The van der Waals surface area contributed by atoms with Crippen LogP contribution in [-0.2, 0) is 9.05 Å². The van der Waals surface area contributed by atoms with Crippen molar-refractivity contribution in [3.63, 3.8) is 0 Å². The molecule has 0 heterocycles. The van der Waals surface area contributed by atoms with Gasteiger partial charge in [-0.05, 0) is 18.2 Å². The Hall–Kier alpha value is -0.890. The Balaban J connectivity index is 3.05. The van der Waals surface area contributed by atoms with Gasteiger partial charge in [-0.25, -0.2) is 8.42 Å². The van der Waals surface area contributed by atoms with Crippen LogP contribution in [0.3, 0.4) is 0 Å². The molecule has 6 heteroatoms. The Kier molecular flexibility index (Phi) is 3.86. The largest absolute Gasteiger partial charge is 0.479 e. The lowest BCUT2D eigenvalue weighted by molar-refractivity contribution is 0.370. The van der Waals surface area contributed by atoms with Gasteiger partial charge in [-0.2, -0.15) is 0 Å². The molecular formula is C9H6Cl2O3S. The van der Waals surface area contributed by atoms with Crippen molar-refractivity contribution in [3.05, 3.63) is 23.2 Å². The van der Waals surface area contributed by atoms with Crippen LogP contribution in [0.5, 0.6) is 5.75 Å². The van der Waals surface area contributed by atoms with E-state index in [0.717, 1.165) is 0 Å². The smallest absolute Gasteiger partial charge is 0.261 e. The van der Waals surface area contributed by atoms with Crippen molar-refractivity contribution in [2.75, 3.05) is 6.61 Å². The average Bonchev–Trinajstić information content (AvgIpc) is 2.14. The van der Waals surface area contributed by atoms with Crippen molar-refractivity contribution in [3.8, 4) is 18.1 Å². The zero-order chi connectivity index (χ0) is 11.5. The van der Waals surface area contributed by atoms with Crippen LogP contribution in [0.25, 0.3) is 0 Å². The van der Waals surface area contributed by atoms with E-state index in [2.05, 4.69) is 5.92 Å². The minimum absolute atomic E-state index is 0.0622. The zero-order valence-electron chi connectivity index (χ0n) is 7.41. The first-order chi connectivity index (χ1) is 6.95. The third kappa shape index (κ3) is 3.31. The summed E-state index contributed by atoms with van der Waals surface area (Å²) in [5.41, 5.74) is 0. The molecule has 0 aromatic heterocycles. The van der Waals surface area contributed by atoms with Gasteiger partial charge >= 0.3 is 0 Å². The molecule has 0 saturated heterocycles. The predicted octanol–water partition coefficient (Wildman–Crippen LogP) is 2.28. The average molecular weight is 265 g/mol. The number of halogens is 2. The molecule has 0 radical (unpaired) electrons. The summed E-state index contributed by atoms with van der Waals surface area (Å²) in [6.07, 6.45) is 4.99. The van der Waals surface area contributed by atoms with Crippen molar-refractivity contribution < 1.29 is 13.2 Å². The van der Waals surface area contributed by atoms with E-state index in [1.54, 1.807) is 0 Å². The number of rotatable bonds is 3. The minimum Gasteiger partial charge on any atom is -0.479 e. The number of hydrogen-bond donors (Lipinski definition) is 0. The van der Waals surface area contributed by atoms with Crippen LogP contribution in [0.1, 0.15) is 0 Å². The topological polar surface area (TPSA) is 43.4 Å². The Labute approximate surface area is 97.4 Å². The molecule has 0 aliphatic rings. The standard InChI is InChI=1S/C9H6Cl2O3S/c1-2-5-14-9-4-3-7(6-8(9)10)15(11,12)13/h1,3-4,6H,5H2. The summed E-state index contributed by atoms with van der Waals surface area (Å²) in [7, 11) is 1.36. The SMILES string of the molecule is C#CCOc1ccc(S(=O)(=O)Cl)cc1Cl. The van der Waals surface area contributed by atoms with Gasteiger partial charge in [0.15, 0.2) is 0 Å². The third-order valence-electron chi connectivity index (χ3n) is 1.50. The molecule has 80 valence electrons. The first-order valence-electron chi connectivity index (χ1n) is 3.75. The molecule has 0 saturated carbocycles. The van der Waals surface area contributed by atoms with Crippen LogP contribution in [0, 0.1) is 12.3 Å². The molecule has 1 rings (SSSR count). The summed E-state index contributed by atoms with van der Waals surface area (Å²) in [6.45, 7) is 0.0622. The van der Waals surface area contributed by atoms with E-state index in [-0.39, 0.29) is 16.5 Å². The van der Waals surface area contributed by atoms with E-state index in [0.29, 0.717) is 5.75 Å². The molecule has 0 atom stereocenters. The summed E-state index contributed by atoms with van der Waals surface area (Å²) < 4.78 is 26.9. The van der Waals surface area contributed by atoms with Crippen LogP contribution in [0.2, 0.25) is 5.02 Å². The van der Waals surface area contributed by atoms with Crippen LogP contribution in [0.4, 0.5) is 0 Å². The van der Waals surface area contributed by atoms with Crippen LogP contribution < -0.4 is 4.74 Å². The van der Waals surface area contributed by atoms with Crippen LogP contribution >= 0.6 is 22.3 Å². The molecule has 0 spiro atoms. The quantitative estimate of drug-likeness (QED) is 0.622.